The molecule has 0 bridgehead atoms. The van der Waals surface area contributed by atoms with Crippen LogP contribution in [0.2, 0.25) is 0 Å². The largest absolute Gasteiger partial charge is 0.212 e. The van der Waals surface area contributed by atoms with Gasteiger partial charge in [-0.15, -0.1) is 0 Å². The van der Waals surface area contributed by atoms with Gasteiger partial charge in [-0.25, -0.2) is 8.42 Å². The van der Waals surface area contributed by atoms with E-state index in [9.17, 15) is 8.42 Å². The van der Waals surface area contributed by atoms with Gasteiger partial charge in [-0.3, -0.25) is 0 Å². The molecule has 1 atom stereocenters. The van der Waals surface area contributed by atoms with E-state index < -0.39 is 15.6 Å². The second-order valence-corrected chi connectivity index (χ2v) is 5.78. The molecule has 0 saturated heterocycles. The van der Waals surface area contributed by atoms with Gasteiger partial charge in [-0.2, -0.15) is 9.57 Å². The van der Waals surface area contributed by atoms with E-state index in [1.165, 1.54) is 11.4 Å². The third kappa shape index (κ3) is 1.84. The molecule has 0 N–H and O–H groups in total. The van der Waals surface area contributed by atoms with Crippen LogP contribution in [0.25, 0.3) is 0 Å². The molecule has 0 aromatic heterocycles. The first-order valence-corrected chi connectivity index (χ1v) is 6.02. The van der Waals surface area contributed by atoms with Crippen LogP contribution in [-0.2, 0) is 10.0 Å². The van der Waals surface area contributed by atoms with E-state index in [0.29, 0.717) is 0 Å². The molecule has 0 heterocycles. The fraction of sp³-hybridized carbons (Fsp3) is 0.875. The molecule has 1 rings (SSSR count). The molecule has 1 aliphatic carbocycles. The highest BCUT2D eigenvalue weighted by Crippen LogP contribution is 2.42. The van der Waals surface area contributed by atoms with Gasteiger partial charge in [0.05, 0.1) is 12.3 Å². The Morgan fingerprint density at radius 1 is 1.54 bits per heavy atom. The van der Waals surface area contributed by atoms with Gasteiger partial charge in [0.1, 0.15) is 5.54 Å². The minimum absolute atomic E-state index is 0.206. The van der Waals surface area contributed by atoms with E-state index in [1.807, 2.05) is 0 Å². The molecule has 0 aromatic carbocycles. The molecule has 1 aliphatic rings. The molecule has 4 nitrogen and oxygen atoms in total. The van der Waals surface area contributed by atoms with Crippen LogP contribution < -0.4 is 0 Å². The molecule has 0 aliphatic heterocycles. The first-order valence-electron chi connectivity index (χ1n) is 4.17. The van der Waals surface area contributed by atoms with Gasteiger partial charge in [0.2, 0.25) is 10.0 Å². The SMILES string of the molecule is CN([C@@](C)(C#N)C1CC1)S(C)(=O)=O. The van der Waals surface area contributed by atoms with E-state index in [4.69, 9.17) is 5.26 Å². The van der Waals surface area contributed by atoms with Crippen molar-refractivity contribution in [2.24, 2.45) is 5.92 Å². The van der Waals surface area contributed by atoms with Gasteiger partial charge < -0.3 is 0 Å². The van der Waals surface area contributed by atoms with E-state index in [0.717, 1.165) is 19.1 Å². The van der Waals surface area contributed by atoms with Gasteiger partial charge in [-0.05, 0) is 25.7 Å². The Labute approximate surface area is 79.2 Å². The molecule has 1 fully saturated rings. The molecular formula is C8H14N2O2S. The molecule has 0 aromatic rings. The number of hydrogen-bond donors (Lipinski definition) is 0. The maximum absolute atomic E-state index is 11.2. The lowest BCUT2D eigenvalue weighted by atomic mass is 9.99. The van der Waals surface area contributed by atoms with Crippen molar-refractivity contribution in [3.63, 3.8) is 0 Å². The number of sulfonamides is 1. The van der Waals surface area contributed by atoms with E-state index in [2.05, 4.69) is 6.07 Å². The van der Waals surface area contributed by atoms with Crippen molar-refractivity contribution < 1.29 is 8.42 Å². The number of nitriles is 1. The zero-order valence-electron chi connectivity index (χ0n) is 8.11. The van der Waals surface area contributed by atoms with Crippen molar-refractivity contribution in [3.8, 4) is 6.07 Å². The quantitative estimate of drug-likeness (QED) is 0.672. The van der Waals surface area contributed by atoms with Crippen LogP contribution in [0.5, 0.6) is 0 Å². The average molecular weight is 202 g/mol. The molecule has 0 amide bonds. The van der Waals surface area contributed by atoms with Crippen LogP contribution in [0.4, 0.5) is 0 Å². The lowest BCUT2D eigenvalue weighted by Crippen LogP contribution is -2.47. The highest BCUT2D eigenvalue weighted by atomic mass is 32.2. The Bertz CT molecular complexity index is 340. The Kier molecular flexibility index (Phi) is 2.39. The van der Waals surface area contributed by atoms with E-state index in [-0.39, 0.29) is 5.92 Å². The average Bonchev–Trinajstić information content (AvgIpc) is 2.82. The molecule has 13 heavy (non-hydrogen) atoms. The van der Waals surface area contributed by atoms with Crippen LogP contribution in [-0.4, -0.2) is 31.6 Å². The second kappa shape index (κ2) is 2.96. The Morgan fingerprint density at radius 2 is 2.00 bits per heavy atom. The predicted molar refractivity (Wildman–Crippen MR) is 49.3 cm³/mol. The third-order valence-corrected chi connectivity index (χ3v) is 4.12. The van der Waals surface area contributed by atoms with Crippen LogP contribution in [0.1, 0.15) is 19.8 Å². The summed E-state index contributed by atoms with van der Waals surface area (Å²) in [7, 11) is -1.80. The number of nitrogens with zero attached hydrogens (tertiary/aromatic N) is 2. The van der Waals surface area contributed by atoms with Crippen LogP contribution >= 0.6 is 0 Å². The van der Waals surface area contributed by atoms with Gasteiger partial charge in [-0.1, -0.05) is 0 Å². The molecular weight excluding hydrogens is 188 g/mol. The smallest absolute Gasteiger partial charge is 0.212 e. The summed E-state index contributed by atoms with van der Waals surface area (Å²) in [6.07, 6.45) is 3.03. The molecule has 74 valence electrons. The van der Waals surface area contributed by atoms with E-state index >= 15 is 0 Å². The zero-order valence-corrected chi connectivity index (χ0v) is 8.93. The Morgan fingerprint density at radius 3 is 2.23 bits per heavy atom. The Hall–Kier alpha value is -0.600. The first-order chi connectivity index (χ1) is 5.82. The van der Waals surface area contributed by atoms with Crippen molar-refractivity contribution in [3.05, 3.63) is 0 Å². The lowest BCUT2D eigenvalue weighted by Gasteiger charge is -2.30. The summed E-state index contributed by atoms with van der Waals surface area (Å²) in [5.41, 5.74) is -0.854. The van der Waals surface area contributed by atoms with Gasteiger partial charge in [0.15, 0.2) is 0 Å². The summed E-state index contributed by atoms with van der Waals surface area (Å²) in [5, 5.41) is 8.97. The monoisotopic (exact) mass is 202 g/mol. The zero-order chi connectivity index (χ0) is 10.3. The van der Waals surface area contributed by atoms with Gasteiger partial charge in [0, 0.05) is 7.05 Å². The van der Waals surface area contributed by atoms with Crippen molar-refractivity contribution in [2.75, 3.05) is 13.3 Å². The molecule has 5 heteroatoms. The number of hydrogen-bond acceptors (Lipinski definition) is 3. The normalized spacial score (nSPS) is 22.4. The van der Waals surface area contributed by atoms with E-state index in [1.54, 1.807) is 6.92 Å². The molecule has 1 saturated carbocycles. The van der Waals surface area contributed by atoms with Crippen molar-refractivity contribution >= 4 is 10.0 Å². The minimum Gasteiger partial charge on any atom is -0.212 e. The minimum atomic E-state index is -3.27. The van der Waals surface area contributed by atoms with Crippen LogP contribution in [0.15, 0.2) is 0 Å². The maximum Gasteiger partial charge on any atom is 0.212 e. The van der Waals surface area contributed by atoms with Gasteiger partial charge in [0.25, 0.3) is 0 Å². The van der Waals surface area contributed by atoms with Crippen molar-refractivity contribution in [1.82, 2.24) is 4.31 Å². The van der Waals surface area contributed by atoms with Crippen molar-refractivity contribution in [2.45, 2.75) is 25.3 Å². The summed E-state index contributed by atoms with van der Waals surface area (Å²) < 4.78 is 23.7. The number of rotatable bonds is 3. The lowest BCUT2D eigenvalue weighted by molar-refractivity contribution is 0.278. The second-order valence-electron chi connectivity index (χ2n) is 3.76. The summed E-state index contributed by atoms with van der Waals surface area (Å²) in [4.78, 5) is 0. The topological polar surface area (TPSA) is 61.2 Å². The highest BCUT2D eigenvalue weighted by molar-refractivity contribution is 7.88. The van der Waals surface area contributed by atoms with Crippen LogP contribution in [0, 0.1) is 17.2 Å². The summed E-state index contributed by atoms with van der Waals surface area (Å²) in [6.45, 7) is 1.69. The molecule has 0 unspecified atom stereocenters. The fourth-order valence-electron chi connectivity index (χ4n) is 1.41. The summed E-state index contributed by atoms with van der Waals surface area (Å²) in [5.74, 6) is 0.206. The predicted octanol–water partition coefficient (Wildman–Crippen LogP) is 0.570. The van der Waals surface area contributed by atoms with Gasteiger partial charge >= 0.3 is 0 Å². The summed E-state index contributed by atoms with van der Waals surface area (Å²) in [6, 6.07) is 2.09. The molecule has 0 radical (unpaired) electrons. The summed E-state index contributed by atoms with van der Waals surface area (Å²) >= 11 is 0. The standard InChI is InChI=1S/C8H14N2O2S/c1-8(6-9,7-4-5-7)10(2)13(3,11)12/h7H,4-5H2,1-3H3/t8-/m0/s1. The molecule has 0 spiro atoms. The van der Waals surface area contributed by atoms with Crippen LogP contribution in [0.3, 0.4) is 0 Å². The van der Waals surface area contributed by atoms with Crippen molar-refractivity contribution in [1.29, 1.82) is 5.26 Å². The third-order valence-electron chi connectivity index (χ3n) is 2.75. The maximum atomic E-state index is 11.2. The fourth-order valence-corrected chi connectivity index (χ4v) is 2.29. The Balaban J connectivity index is 2.97. The highest BCUT2D eigenvalue weighted by Gasteiger charge is 2.47. The first kappa shape index (κ1) is 10.5.